The Hall–Kier alpha value is -1.86. The number of hydrogen-bond donors (Lipinski definition) is 1. The number of halogens is 4. The van der Waals surface area contributed by atoms with Gasteiger partial charge in [0.1, 0.15) is 11.5 Å². The number of aromatic carboxylic acids is 1. The van der Waals surface area contributed by atoms with Crippen molar-refractivity contribution in [2.24, 2.45) is 0 Å². The number of carbonyl (C=O) groups excluding carboxylic acids is 1. The van der Waals surface area contributed by atoms with E-state index < -0.39 is 23.8 Å². The highest BCUT2D eigenvalue weighted by molar-refractivity contribution is 9.06. The predicted octanol–water partition coefficient (Wildman–Crippen LogP) is 6.03. The number of hydrogen-bond acceptors (Lipinski definition) is 7. The molecule has 1 aliphatic carbocycles. The SMILES string of the molecule is O=C(O)c1ccccc1C1C2=C(Oc3c(OBr)cc(OBr)cc31)C(OBr)C(=O)C(OBr)=C2. The van der Waals surface area contributed by atoms with E-state index in [1.807, 2.05) is 0 Å². The number of fused-ring (bicyclic) bond motifs is 1. The predicted molar refractivity (Wildman–Crippen MR) is 125 cm³/mol. The first-order valence-electron chi connectivity index (χ1n) is 8.76. The minimum atomic E-state index is -1.19. The molecule has 0 radical (unpaired) electrons. The van der Waals surface area contributed by atoms with E-state index >= 15 is 0 Å². The summed E-state index contributed by atoms with van der Waals surface area (Å²) >= 11 is 11.6. The zero-order valence-corrected chi connectivity index (χ0v) is 21.9. The number of Topliss-reactive ketones (excluding diaryl/α,β-unsaturated/α-hetero) is 1. The quantitative estimate of drug-likeness (QED) is 0.391. The minimum absolute atomic E-state index is 0.0390. The molecule has 0 saturated carbocycles. The van der Waals surface area contributed by atoms with E-state index in [4.69, 9.17) is 20.1 Å². The number of allylic oxidation sites excluding steroid dienone is 2. The van der Waals surface area contributed by atoms with Gasteiger partial charge in [0.2, 0.25) is 5.78 Å². The van der Waals surface area contributed by atoms with Gasteiger partial charge in [-0.1, -0.05) is 18.2 Å². The second-order valence-electron chi connectivity index (χ2n) is 6.66. The molecular weight excluding hydrogens is 688 g/mol. The molecule has 1 heterocycles. The van der Waals surface area contributed by atoms with Gasteiger partial charge in [-0.3, -0.25) is 8.62 Å². The molecule has 1 aliphatic heterocycles. The number of ketones is 1. The summed E-state index contributed by atoms with van der Waals surface area (Å²) in [5, 5.41) is 9.83. The van der Waals surface area contributed by atoms with Gasteiger partial charge >= 0.3 is 5.97 Å². The smallest absolute Gasteiger partial charge is 0.335 e. The summed E-state index contributed by atoms with van der Waals surface area (Å²) in [6.45, 7) is 0. The highest BCUT2D eigenvalue weighted by Gasteiger charge is 2.44. The van der Waals surface area contributed by atoms with Gasteiger partial charge in [-0.2, -0.15) is 0 Å². The second kappa shape index (κ2) is 9.56. The average Bonchev–Trinajstić information content (AvgIpc) is 2.81. The number of rotatable bonds is 6. The second-order valence-corrected chi connectivity index (χ2v) is 8.01. The van der Waals surface area contributed by atoms with Gasteiger partial charge in [0.25, 0.3) is 0 Å². The normalized spacial score (nSPS) is 19.4. The van der Waals surface area contributed by atoms with Gasteiger partial charge in [-0.05, 0) is 23.8 Å². The van der Waals surface area contributed by atoms with E-state index in [0.717, 1.165) is 0 Å². The molecule has 12 heteroatoms. The van der Waals surface area contributed by atoms with Crippen molar-refractivity contribution in [3.8, 4) is 17.2 Å². The van der Waals surface area contributed by atoms with Gasteiger partial charge in [-0.15, -0.1) is 0 Å². The first-order chi connectivity index (χ1) is 15.4. The lowest BCUT2D eigenvalue weighted by Gasteiger charge is -2.35. The third kappa shape index (κ3) is 3.87. The molecule has 4 rings (SSSR count). The van der Waals surface area contributed by atoms with Gasteiger partial charge in [-0.25, -0.2) is 4.79 Å². The summed E-state index contributed by atoms with van der Waals surface area (Å²) in [6, 6.07) is 9.76. The van der Waals surface area contributed by atoms with Crippen molar-refractivity contribution < 1.29 is 34.7 Å². The standard InChI is InChI=1S/C20H10Br4O8/c21-29-8-5-11-15(9-3-1-2-4-10(9)20(26)27)12-7-13(30-22)16(25)19(32-24)18(12)28-17(11)14(6-8)31-23/h1-7,15,19H,(H,26,27). The van der Waals surface area contributed by atoms with Crippen LogP contribution in [0.4, 0.5) is 0 Å². The first kappa shape index (κ1) is 23.3. The molecule has 8 nitrogen and oxygen atoms in total. The molecule has 166 valence electrons. The Morgan fingerprint density at radius 3 is 2.38 bits per heavy atom. The fourth-order valence-electron chi connectivity index (χ4n) is 3.74. The van der Waals surface area contributed by atoms with Gasteiger partial charge in [0.05, 0.1) is 21.8 Å². The minimum Gasteiger partial charge on any atom is -0.478 e. The summed E-state index contributed by atoms with van der Waals surface area (Å²) in [4.78, 5) is 24.8. The Labute approximate surface area is 215 Å². The maximum atomic E-state index is 12.8. The van der Waals surface area contributed by atoms with Crippen LogP contribution < -0.4 is 12.4 Å². The molecule has 2 aromatic rings. The Bertz CT molecular complexity index is 1180. The van der Waals surface area contributed by atoms with Crippen LogP contribution in [0.25, 0.3) is 0 Å². The maximum Gasteiger partial charge on any atom is 0.335 e. The van der Waals surface area contributed by atoms with Crippen LogP contribution in [0.15, 0.2) is 59.6 Å². The summed E-state index contributed by atoms with van der Waals surface area (Å²) in [6.07, 6.45) is 0.294. The van der Waals surface area contributed by atoms with Crippen LogP contribution in [0.1, 0.15) is 27.4 Å². The van der Waals surface area contributed by atoms with Gasteiger partial charge in [0.15, 0.2) is 72.1 Å². The topological polar surface area (TPSA) is 101 Å². The Morgan fingerprint density at radius 1 is 1.00 bits per heavy atom. The molecule has 0 bridgehead atoms. The first-order valence-corrected chi connectivity index (χ1v) is 11.3. The molecule has 0 fully saturated rings. The zero-order chi connectivity index (χ0) is 23.0. The Morgan fingerprint density at radius 2 is 1.75 bits per heavy atom. The van der Waals surface area contributed by atoms with E-state index in [0.29, 0.717) is 22.4 Å². The number of carboxylic acids is 1. The van der Waals surface area contributed by atoms with Crippen molar-refractivity contribution in [3.63, 3.8) is 0 Å². The van der Waals surface area contributed by atoms with E-state index in [1.165, 1.54) is 12.1 Å². The van der Waals surface area contributed by atoms with Crippen LogP contribution in [0.2, 0.25) is 0 Å². The molecule has 0 spiro atoms. The van der Waals surface area contributed by atoms with Crippen LogP contribution in [-0.4, -0.2) is 23.0 Å². The van der Waals surface area contributed by atoms with E-state index in [1.54, 1.807) is 30.3 Å². The Kier molecular flexibility index (Phi) is 6.96. The summed E-state index contributed by atoms with van der Waals surface area (Å²) in [7, 11) is 0. The third-order valence-electron chi connectivity index (χ3n) is 5.03. The lowest BCUT2D eigenvalue weighted by molar-refractivity contribution is -0.122. The van der Waals surface area contributed by atoms with Crippen molar-refractivity contribution in [1.82, 2.24) is 0 Å². The lowest BCUT2D eigenvalue weighted by Crippen LogP contribution is -2.35. The van der Waals surface area contributed by atoms with E-state index in [2.05, 4.69) is 65.0 Å². The fourth-order valence-corrected chi connectivity index (χ4v) is 4.76. The molecule has 0 saturated heterocycles. The molecular formula is C20H10Br4O8. The van der Waals surface area contributed by atoms with Crippen molar-refractivity contribution in [3.05, 3.63) is 76.3 Å². The van der Waals surface area contributed by atoms with Crippen molar-refractivity contribution in [2.45, 2.75) is 12.0 Å². The van der Waals surface area contributed by atoms with Crippen molar-refractivity contribution >= 4 is 76.8 Å². The molecule has 2 atom stereocenters. The van der Waals surface area contributed by atoms with Crippen LogP contribution >= 0.6 is 65.0 Å². The monoisotopic (exact) mass is 694 g/mol. The molecule has 2 aliphatic rings. The zero-order valence-electron chi connectivity index (χ0n) is 15.5. The summed E-state index contributed by atoms with van der Waals surface area (Å²) < 4.78 is 26.9. The Balaban J connectivity index is 2.08. The number of carbonyl (C=O) groups is 2. The van der Waals surface area contributed by atoms with E-state index in [-0.39, 0.29) is 28.6 Å². The molecule has 32 heavy (non-hydrogen) atoms. The van der Waals surface area contributed by atoms with Crippen LogP contribution in [0.5, 0.6) is 17.2 Å². The highest BCUT2D eigenvalue weighted by atomic mass is 79.9. The van der Waals surface area contributed by atoms with Crippen LogP contribution in [-0.2, 0) is 12.5 Å². The molecule has 2 unspecified atom stereocenters. The largest absolute Gasteiger partial charge is 0.478 e. The average molecular weight is 698 g/mol. The highest BCUT2D eigenvalue weighted by Crippen LogP contribution is 2.52. The fraction of sp³-hybridized carbons (Fsp3) is 0.100. The summed E-state index contributed by atoms with van der Waals surface area (Å²) in [5.74, 6) is -1.30. The van der Waals surface area contributed by atoms with Gasteiger partial charge in [0, 0.05) is 23.1 Å². The molecule has 1 N–H and O–H groups in total. The third-order valence-corrected chi connectivity index (χ3v) is 6.47. The van der Waals surface area contributed by atoms with Gasteiger partial charge < -0.3 is 21.3 Å². The molecule has 0 aromatic heterocycles. The molecule has 0 amide bonds. The van der Waals surface area contributed by atoms with Crippen LogP contribution in [0.3, 0.4) is 0 Å². The van der Waals surface area contributed by atoms with Crippen LogP contribution in [0, 0.1) is 0 Å². The maximum absolute atomic E-state index is 12.8. The van der Waals surface area contributed by atoms with Crippen molar-refractivity contribution in [1.29, 1.82) is 0 Å². The number of carboxylic acid groups (broad SMARTS) is 1. The van der Waals surface area contributed by atoms with E-state index in [9.17, 15) is 14.7 Å². The lowest BCUT2D eigenvalue weighted by atomic mass is 9.77. The van der Waals surface area contributed by atoms with Crippen molar-refractivity contribution in [2.75, 3.05) is 0 Å². The molecule has 2 aromatic carbocycles. The number of ether oxygens (including phenoxy) is 1. The number of benzene rings is 2. The summed E-state index contributed by atoms with van der Waals surface area (Å²) in [5.41, 5.74) is 1.54.